The summed E-state index contributed by atoms with van der Waals surface area (Å²) < 4.78 is 32.2. The Bertz CT molecular complexity index is 759. The normalized spacial score (nSPS) is 20.7. The number of ether oxygens (including phenoxy) is 1. The number of carbonyl (C=O) groups excluding carboxylic acids is 1. The first-order valence-corrected chi connectivity index (χ1v) is 8.90. The van der Waals surface area contributed by atoms with E-state index in [0.717, 1.165) is 6.07 Å². The van der Waals surface area contributed by atoms with Crippen molar-refractivity contribution >= 4 is 21.7 Å². The second kappa shape index (κ2) is 6.48. The number of hydrogen-bond donors (Lipinski definition) is 0. The van der Waals surface area contributed by atoms with Crippen molar-refractivity contribution in [1.29, 1.82) is 0 Å². The summed E-state index contributed by atoms with van der Waals surface area (Å²) in [6.45, 7) is 5.16. The topological polar surface area (TPSA) is 107 Å². The molecule has 1 aliphatic rings. The van der Waals surface area contributed by atoms with Gasteiger partial charge in [-0.2, -0.15) is 4.31 Å². The van der Waals surface area contributed by atoms with Gasteiger partial charge in [-0.1, -0.05) is 26.0 Å². The molecule has 1 saturated heterocycles. The molecule has 24 heavy (non-hydrogen) atoms. The van der Waals surface area contributed by atoms with Crippen LogP contribution in [0.3, 0.4) is 0 Å². The van der Waals surface area contributed by atoms with Crippen molar-refractivity contribution in [1.82, 2.24) is 4.31 Å². The molecule has 1 atom stereocenters. The highest BCUT2D eigenvalue weighted by molar-refractivity contribution is 7.89. The molecule has 0 spiro atoms. The van der Waals surface area contributed by atoms with Crippen molar-refractivity contribution in [2.45, 2.75) is 38.1 Å². The second-order valence-corrected chi connectivity index (χ2v) is 8.26. The zero-order valence-corrected chi connectivity index (χ0v) is 14.6. The molecule has 1 unspecified atom stereocenters. The molecule has 1 heterocycles. The van der Waals surface area contributed by atoms with E-state index in [4.69, 9.17) is 4.74 Å². The molecule has 2 rings (SSSR count). The van der Waals surface area contributed by atoms with E-state index in [-0.39, 0.29) is 18.0 Å². The highest BCUT2D eigenvalue weighted by atomic mass is 32.2. The van der Waals surface area contributed by atoms with Crippen molar-refractivity contribution in [2.24, 2.45) is 5.41 Å². The SMILES string of the molecule is CC(=O)OCC1N(S(=O)(=O)c2ccccc2[N+](=O)[O-])CCC1(C)C. The van der Waals surface area contributed by atoms with Gasteiger partial charge in [-0.3, -0.25) is 14.9 Å². The van der Waals surface area contributed by atoms with Crippen LogP contribution in [0.1, 0.15) is 27.2 Å². The minimum Gasteiger partial charge on any atom is -0.464 e. The van der Waals surface area contributed by atoms with Gasteiger partial charge < -0.3 is 4.74 Å². The summed E-state index contributed by atoms with van der Waals surface area (Å²) in [7, 11) is -4.08. The van der Waals surface area contributed by atoms with Crippen LogP contribution in [0, 0.1) is 15.5 Å². The lowest BCUT2D eigenvalue weighted by Crippen LogP contribution is -2.44. The Morgan fingerprint density at radius 3 is 2.62 bits per heavy atom. The summed E-state index contributed by atoms with van der Waals surface area (Å²) in [5.74, 6) is -0.499. The number of hydrogen-bond acceptors (Lipinski definition) is 6. The molecule has 0 radical (unpaired) electrons. The third-order valence-electron chi connectivity index (χ3n) is 4.32. The van der Waals surface area contributed by atoms with E-state index in [1.165, 1.54) is 29.4 Å². The number of nitro benzene ring substituents is 1. The molecule has 0 bridgehead atoms. The summed E-state index contributed by atoms with van der Waals surface area (Å²) in [6, 6.07) is 4.67. The van der Waals surface area contributed by atoms with Gasteiger partial charge >= 0.3 is 5.97 Å². The molecule has 9 heteroatoms. The van der Waals surface area contributed by atoms with Crippen LogP contribution in [-0.4, -0.2) is 42.8 Å². The molecular formula is C15H20N2O6S. The van der Waals surface area contributed by atoms with Gasteiger partial charge in [0.2, 0.25) is 10.0 Å². The monoisotopic (exact) mass is 356 g/mol. The fourth-order valence-electron chi connectivity index (χ4n) is 2.86. The largest absolute Gasteiger partial charge is 0.464 e. The van der Waals surface area contributed by atoms with Crippen LogP contribution in [0.25, 0.3) is 0 Å². The van der Waals surface area contributed by atoms with E-state index in [2.05, 4.69) is 0 Å². The minimum absolute atomic E-state index is 0.0812. The zero-order chi connectivity index (χ0) is 18.1. The molecule has 1 aromatic rings. The van der Waals surface area contributed by atoms with Crippen LogP contribution >= 0.6 is 0 Å². The molecule has 0 aliphatic carbocycles. The second-order valence-electron chi connectivity index (χ2n) is 6.40. The van der Waals surface area contributed by atoms with E-state index in [0.29, 0.717) is 6.42 Å². The number of esters is 1. The van der Waals surface area contributed by atoms with Crippen molar-refractivity contribution < 1.29 is 22.9 Å². The number of benzene rings is 1. The standard InChI is InChI=1S/C15H20N2O6S/c1-11(18)23-10-14-15(2,3)8-9-16(14)24(21,22)13-7-5-4-6-12(13)17(19)20/h4-7,14H,8-10H2,1-3H3. The van der Waals surface area contributed by atoms with Crippen LogP contribution < -0.4 is 0 Å². The Balaban J connectivity index is 2.44. The number of para-hydroxylation sites is 1. The molecular weight excluding hydrogens is 336 g/mol. The Morgan fingerprint density at radius 1 is 1.42 bits per heavy atom. The van der Waals surface area contributed by atoms with Gasteiger partial charge in [0, 0.05) is 19.5 Å². The van der Waals surface area contributed by atoms with Gasteiger partial charge in [-0.05, 0) is 17.9 Å². The summed E-state index contributed by atoms with van der Waals surface area (Å²) in [5, 5.41) is 11.2. The van der Waals surface area contributed by atoms with E-state index in [9.17, 15) is 23.3 Å². The fourth-order valence-corrected chi connectivity index (χ4v) is 4.78. The Morgan fingerprint density at radius 2 is 2.04 bits per heavy atom. The maximum absolute atomic E-state index is 13.0. The first kappa shape index (κ1) is 18.3. The van der Waals surface area contributed by atoms with E-state index < -0.39 is 38.1 Å². The lowest BCUT2D eigenvalue weighted by atomic mass is 9.85. The molecule has 0 N–H and O–H groups in total. The summed E-state index contributed by atoms with van der Waals surface area (Å²) >= 11 is 0. The molecule has 1 aliphatic heterocycles. The number of carbonyl (C=O) groups is 1. The van der Waals surface area contributed by atoms with Crippen LogP contribution in [0.4, 0.5) is 5.69 Å². The van der Waals surface area contributed by atoms with Gasteiger partial charge in [0.25, 0.3) is 5.69 Å². The van der Waals surface area contributed by atoms with E-state index in [1.807, 2.05) is 13.8 Å². The third-order valence-corrected chi connectivity index (χ3v) is 6.27. The van der Waals surface area contributed by atoms with Gasteiger partial charge in [0.1, 0.15) is 6.61 Å². The van der Waals surface area contributed by atoms with Crippen molar-refractivity contribution in [3.8, 4) is 0 Å². The first-order valence-electron chi connectivity index (χ1n) is 7.46. The molecule has 1 fully saturated rings. The summed E-state index contributed by atoms with van der Waals surface area (Å²) in [6.07, 6.45) is 0.568. The molecule has 0 saturated carbocycles. The van der Waals surface area contributed by atoms with Gasteiger partial charge in [0.15, 0.2) is 4.90 Å². The molecule has 8 nitrogen and oxygen atoms in total. The van der Waals surface area contributed by atoms with Crippen molar-refractivity contribution in [2.75, 3.05) is 13.2 Å². The predicted molar refractivity (Wildman–Crippen MR) is 85.8 cm³/mol. The Kier molecular flexibility index (Phi) is 4.95. The van der Waals surface area contributed by atoms with Gasteiger partial charge in [0.05, 0.1) is 11.0 Å². The third kappa shape index (κ3) is 3.41. The quantitative estimate of drug-likeness (QED) is 0.453. The van der Waals surface area contributed by atoms with Crippen molar-refractivity contribution in [3.05, 3.63) is 34.4 Å². The smallest absolute Gasteiger partial charge is 0.302 e. The number of nitrogens with zero attached hydrogens (tertiary/aromatic N) is 2. The zero-order valence-electron chi connectivity index (χ0n) is 13.8. The van der Waals surface area contributed by atoms with Gasteiger partial charge in [-0.25, -0.2) is 8.42 Å². The Hall–Kier alpha value is -2.00. The number of nitro groups is 1. The van der Waals surface area contributed by atoms with Crippen LogP contribution in [0.2, 0.25) is 0 Å². The molecule has 1 aromatic carbocycles. The van der Waals surface area contributed by atoms with E-state index >= 15 is 0 Å². The van der Waals surface area contributed by atoms with Crippen molar-refractivity contribution in [3.63, 3.8) is 0 Å². The lowest BCUT2D eigenvalue weighted by Gasteiger charge is -2.31. The highest BCUT2D eigenvalue weighted by Gasteiger charge is 2.48. The van der Waals surface area contributed by atoms with Crippen LogP contribution in [0.5, 0.6) is 0 Å². The summed E-state index contributed by atoms with van der Waals surface area (Å²) in [4.78, 5) is 21.2. The average molecular weight is 356 g/mol. The maximum Gasteiger partial charge on any atom is 0.302 e. The number of sulfonamides is 1. The molecule has 132 valence electrons. The Labute approximate surface area is 140 Å². The molecule has 0 amide bonds. The summed E-state index contributed by atoms with van der Waals surface area (Å²) in [5.41, 5.74) is -0.875. The first-order chi connectivity index (χ1) is 11.1. The predicted octanol–water partition coefficient (Wildman–Crippen LogP) is 1.95. The van der Waals surface area contributed by atoms with Crippen LogP contribution in [-0.2, 0) is 19.6 Å². The van der Waals surface area contributed by atoms with Crippen LogP contribution in [0.15, 0.2) is 29.2 Å². The lowest BCUT2D eigenvalue weighted by molar-refractivity contribution is -0.387. The fraction of sp³-hybridized carbons (Fsp3) is 0.533. The highest BCUT2D eigenvalue weighted by Crippen LogP contribution is 2.40. The molecule has 0 aromatic heterocycles. The average Bonchev–Trinajstić information content (AvgIpc) is 2.80. The minimum atomic E-state index is -4.08. The van der Waals surface area contributed by atoms with Gasteiger partial charge in [-0.15, -0.1) is 0 Å². The van der Waals surface area contributed by atoms with E-state index in [1.54, 1.807) is 0 Å². The maximum atomic E-state index is 13.0. The number of rotatable bonds is 5.